The van der Waals surface area contributed by atoms with Crippen LogP contribution in [0.15, 0.2) is 30.5 Å². The summed E-state index contributed by atoms with van der Waals surface area (Å²) in [5, 5.41) is 3.08. The van der Waals surface area contributed by atoms with Crippen molar-refractivity contribution in [3.05, 3.63) is 52.7 Å². The van der Waals surface area contributed by atoms with Crippen molar-refractivity contribution in [2.24, 2.45) is 0 Å². The fourth-order valence-corrected chi connectivity index (χ4v) is 2.60. The zero-order chi connectivity index (χ0) is 20.0. The van der Waals surface area contributed by atoms with E-state index in [1.807, 2.05) is 0 Å². The molecule has 0 spiro atoms. The zero-order valence-electron chi connectivity index (χ0n) is 14.7. The van der Waals surface area contributed by atoms with E-state index in [0.29, 0.717) is 23.2 Å². The van der Waals surface area contributed by atoms with Crippen LogP contribution in [0.5, 0.6) is 11.6 Å². The maximum absolute atomic E-state index is 12.4. The van der Waals surface area contributed by atoms with Gasteiger partial charge in [-0.3, -0.25) is 0 Å². The summed E-state index contributed by atoms with van der Waals surface area (Å²) in [7, 11) is 0. The van der Waals surface area contributed by atoms with E-state index in [9.17, 15) is 22.0 Å². The van der Waals surface area contributed by atoms with Gasteiger partial charge in [-0.25, -0.2) is 4.98 Å². The minimum atomic E-state index is -4.45. The largest absolute Gasteiger partial charge is 0.468 e. The summed E-state index contributed by atoms with van der Waals surface area (Å²) in [5.41, 5.74) is 2.45. The standard InChI is InChI=1S/C18H19F5N2O2/c1-11-6-13(7-12(2)15(11)27-17(19)20)8-24-9-14-4-3-5-25-16(14)26-10-18(21,22)23/h3-7,17,24H,8-10H2,1-2H3. The van der Waals surface area contributed by atoms with Gasteiger partial charge in [-0.15, -0.1) is 0 Å². The van der Waals surface area contributed by atoms with Crippen LogP contribution in [0.4, 0.5) is 22.0 Å². The Balaban J connectivity index is 1.99. The molecule has 0 atom stereocenters. The number of benzene rings is 1. The zero-order valence-corrected chi connectivity index (χ0v) is 14.7. The minimum Gasteiger partial charge on any atom is -0.468 e. The van der Waals surface area contributed by atoms with Gasteiger partial charge in [0.1, 0.15) is 5.75 Å². The van der Waals surface area contributed by atoms with Crippen molar-refractivity contribution in [3.63, 3.8) is 0 Å². The molecule has 0 aliphatic carbocycles. The lowest BCUT2D eigenvalue weighted by Gasteiger charge is -2.15. The third-order valence-electron chi connectivity index (χ3n) is 3.59. The highest BCUT2D eigenvalue weighted by Crippen LogP contribution is 2.26. The number of rotatable bonds is 8. The van der Waals surface area contributed by atoms with Crippen LogP contribution in [-0.4, -0.2) is 24.4 Å². The number of pyridine rings is 1. The first-order valence-electron chi connectivity index (χ1n) is 8.05. The molecule has 2 rings (SSSR count). The number of halogens is 5. The number of nitrogens with one attached hydrogen (secondary N) is 1. The molecule has 0 aliphatic heterocycles. The molecule has 0 radical (unpaired) electrons. The summed E-state index contributed by atoms with van der Waals surface area (Å²) in [6.07, 6.45) is -3.09. The van der Waals surface area contributed by atoms with E-state index in [1.165, 1.54) is 6.20 Å². The van der Waals surface area contributed by atoms with Gasteiger partial charge in [-0.05, 0) is 36.6 Å². The third-order valence-corrected chi connectivity index (χ3v) is 3.59. The second-order valence-electron chi connectivity index (χ2n) is 5.91. The molecule has 4 nitrogen and oxygen atoms in total. The average molecular weight is 390 g/mol. The van der Waals surface area contributed by atoms with E-state index in [1.54, 1.807) is 38.1 Å². The second kappa shape index (κ2) is 8.98. The molecule has 9 heteroatoms. The summed E-state index contributed by atoms with van der Waals surface area (Å²) >= 11 is 0. The molecule has 0 aliphatic rings. The van der Waals surface area contributed by atoms with Crippen molar-refractivity contribution >= 4 is 0 Å². The molecule has 0 bridgehead atoms. The van der Waals surface area contributed by atoms with Crippen LogP contribution in [-0.2, 0) is 13.1 Å². The Morgan fingerprint density at radius 1 is 1.11 bits per heavy atom. The van der Waals surface area contributed by atoms with E-state index < -0.39 is 19.4 Å². The SMILES string of the molecule is Cc1cc(CNCc2cccnc2OCC(F)(F)F)cc(C)c1OC(F)F. The molecule has 0 fully saturated rings. The van der Waals surface area contributed by atoms with Crippen molar-refractivity contribution in [1.29, 1.82) is 0 Å². The van der Waals surface area contributed by atoms with Crippen LogP contribution in [0.25, 0.3) is 0 Å². The molecule has 1 N–H and O–H groups in total. The minimum absolute atomic E-state index is 0.0876. The van der Waals surface area contributed by atoms with Gasteiger partial charge in [0.2, 0.25) is 5.88 Å². The Morgan fingerprint density at radius 2 is 1.78 bits per heavy atom. The van der Waals surface area contributed by atoms with Crippen LogP contribution in [0.1, 0.15) is 22.3 Å². The molecular weight excluding hydrogens is 371 g/mol. The molecule has 0 unspecified atom stereocenters. The van der Waals surface area contributed by atoms with Gasteiger partial charge < -0.3 is 14.8 Å². The predicted molar refractivity (Wildman–Crippen MR) is 88.9 cm³/mol. The van der Waals surface area contributed by atoms with Gasteiger partial charge in [-0.1, -0.05) is 18.2 Å². The Hall–Kier alpha value is -2.42. The Kier molecular flexibility index (Phi) is 6.95. The number of nitrogens with zero attached hydrogens (tertiary/aromatic N) is 1. The van der Waals surface area contributed by atoms with Crippen molar-refractivity contribution in [2.75, 3.05) is 6.61 Å². The van der Waals surface area contributed by atoms with E-state index in [4.69, 9.17) is 4.74 Å². The van der Waals surface area contributed by atoms with E-state index in [-0.39, 0.29) is 18.2 Å². The lowest BCUT2D eigenvalue weighted by Crippen LogP contribution is -2.21. The fourth-order valence-electron chi connectivity index (χ4n) is 2.60. The number of ether oxygens (including phenoxy) is 2. The summed E-state index contributed by atoms with van der Waals surface area (Å²) in [5.74, 6) is 0.0548. The Morgan fingerprint density at radius 3 is 2.37 bits per heavy atom. The van der Waals surface area contributed by atoms with Gasteiger partial charge in [-0.2, -0.15) is 22.0 Å². The molecule has 148 valence electrons. The number of aryl methyl sites for hydroxylation is 2. The van der Waals surface area contributed by atoms with Crippen LogP contribution in [0.2, 0.25) is 0 Å². The molecule has 27 heavy (non-hydrogen) atoms. The first-order chi connectivity index (χ1) is 12.7. The van der Waals surface area contributed by atoms with Gasteiger partial charge >= 0.3 is 12.8 Å². The summed E-state index contributed by atoms with van der Waals surface area (Å²) in [4.78, 5) is 3.83. The van der Waals surface area contributed by atoms with E-state index in [2.05, 4.69) is 15.0 Å². The first-order valence-corrected chi connectivity index (χ1v) is 8.05. The van der Waals surface area contributed by atoms with Gasteiger partial charge in [0.15, 0.2) is 6.61 Å². The second-order valence-corrected chi connectivity index (χ2v) is 5.91. The highest BCUT2D eigenvalue weighted by Gasteiger charge is 2.29. The molecule has 2 aromatic rings. The first kappa shape index (κ1) is 20.9. The fraction of sp³-hybridized carbons (Fsp3) is 0.389. The van der Waals surface area contributed by atoms with Crippen molar-refractivity contribution < 1.29 is 31.4 Å². The Labute approximate surface area is 153 Å². The van der Waals surface area contributed by atoms with Crippen molar-refractivity contribution in [1.82, 2.24) is 10.3 Å². The summed E-state index contributed by atoms with van der Waals surface area (Å²) in [6, 6.07) is 6.63. The number of aromatic nitrogens is 1. The monoisotopic (exact) mass is 390 g/mol. The quantitative estimate of drug-likeness (QED) is 0.673. The van der Waals surface area contributed by atoms with Crippen LogP contribution in [0, 0.1) is 13.8 Å². The molecular formula is C18H19F5N2O2. The number of alkyl halides is 5. The van der Waals surface area contributed by atoms with Crippen molar-refractivity contribution in [2.45, 2.75) is 39.7 Å². The van der Waals surface area contributed by atoms with Crippen LogP contribution in [0.3, 0.4) is 0 Å². The predicted octanol–water partition coefficient (Wildman–Crippen LogP) is 4.53. The third kappa shape index (κ3) is 6.67. The molecule has 0 amide bonds. The molecule has 1 heterocycles. The molecule has 0 saturated carbocycles. The molecule has 1 aromatic heterocycles. The molecule has 1 aromatic carbocycles. The van der Waals surface area contributed by atoms with Gasteiger partial charge in [0.25, 0.3) is 0 Å². The summed E-state index contributed by atoms with van der Waals surface area (Å²) < 4.78 is 71.0. The normalized spacial score (nSPS) is 11.7. The van der Waals surface area contributed by atoms with E-state index >= 15 is 0 Å². The maximum Gasteiger partial charge on any atom is 0.422 e. The Bertz CT molecular complexity index is 743. The highest BCUT2D eigenvalue weighted by molar-refractivity contribution is 5.43. The topological polar surface area (TPSA) is 43.4 Å². The summed E-state index contributed by atoms with van der Waals surface area (Å²) in [6.45, 7) is -0.372. The number of hydrogen-bond acceptors (Lipinski definition) is 4. The lowest BCUT2D eigenvalue weighted by atomic mass is 10.1. The van der Waals surface area contributed by atoms with Crippen molar-refractivity contribution in [3.8, 4) is 11.6 Å². The highest BCUT2D eigenvalue weighted by atomic mass is 19.4. The van der Waals surface area contributed by atoms with Gasteiger partial charge in [0.05, 0.1) is 0 Å². The lowest BCUT2D eigenvalue weighted by molar-refractivity contribution is -0.154. The van der Waals surface area contributed by atoms with Crippen LogP contribution < -0.4 is 14.8 Å². The van der Waals surface area contributed by atoms with E-state index in [0.717, 1.165) is 5.56 Å². The average Bonchev–Trinajstić information content (AvgIpc) is 2.56. The van der Waals surface area contributed by atoms with Gasteiger partial charge in [0, 0.05) is 24.8 Å². The molecule has 0 saturated heterocycles. The smallest absolute Gasteiger partial charge is 0.422 e. The van der Waals surface area contributed by atoms with Crippen LogP contribution >= 0.6 is 0 Å². The maximum atomic E-state index is 12.4. The number of hydrogen-bond donors (Lipinski definition) is 1.